The second-order valence-electron chi connectivity index (χ2n) is 1.69. The van der Waals surface area contributed by atoms with Crippen molar-refractivity contribution in [3.8, 4) is 0 Å². The number of aliphatic carboxylic acids is 1. The highest BCUT2D eigenvalue weighted by Crippen LogP contribution is 1.87. The first-order valence-corrected chi connectivity index (χ1v) is 3.73. The zero-order valence-corrected chi connectivity index (χ0v) is 7.29. The minimum atomic E-state index is -0.924. The number of likely N-dealkylation sites (N-methyl/N-ethyl adjacent to an activating group) is 1. The summed E-state index contributed by atoms with van der Waals surface area (Å²) in [5.41, 5.74) is 0. The molecule has 4 heteroatoms. The zero-order chi connectivity index (χ0) is 9.28. The van der Waals surface area contributed by atoms with Gasteiger partial charge >= 0.3 is 5.97 Å². The van der Waals surface area contributed by atoms with Crippen LogP contribution >= 0.6 is 0 Å². The van der Waals surface area contributed by atoms with Crippen molar-refractivity contribution < 1.29 is 15.0 Å². The monoisotopic (exact) mass is 163 g/mol. The number of hydrogen-bond acceptors (Lipinski definition) is 3. The summed E-state index contributed by atoms with van der Waals surface area (Å²) in [6.45, 7) is 3.90. The van der Waals surface area contributed by atoms with E-state index in [2.05, 4.69) is 5.32 Å². The molecule has 0 radical (unpaired) electrons. The molecular weight excluding hydrogens is 146 g/mol. The molecule has 1 unspecified atom stereocenters. The topological polar surface area (TPSA) is 69.6 Å². The van der Waals surface area contributed by atoms with Crippen molar-refractivity contribution in [1.82, 2.24) is 5.32 Å². The van der Waals surface area contributed by atoms with E-state index in [0.717, 1.165) is 0 Å². The number of carboxylic acids is 1. The van der Waals surface area contributed by atoms with Crippen molar-refractivity contribution >= 4 is 5.97 Å². The second-order valence-corrected chi connectivity index (χ2v) is 1.69. The Morgan fingerprint density at radius 3 is 2.09 bits per heavy atom. The van der Waals surface area contributed by atoms with Gasteiger partial charge in [0.25, 0.3) is 0 Å². The summed E-state index contributed by atoms with van der Waals surface area (Å²) in [5, 5.41) is 19.2. The normalized spacial score (nSPS) is 11.3. The molecule has 0 aromatic rings. The molecule has 0 aromatic carbocycles. The van der Waals surface area contributed by atoms with E-state index < -0.39 is 12.0 Å². The lowest BCUT2D eigenvalue weighted by atomic mass is 10.2. The van der Waals surface area contributed by atoms with Crippen molar-refractivity contribution in [3.05, 3.63) is 0 Å². The van der Waals surface area contributed by atoms with Gasteiger partial charge in [0.05, 0.1) is 0 Å². The largest absolute Gasteiger partial charge is 0.480 e. The number of aliphatic hydroxyl groups excluding tert-OH is 1. The lowest BCUT2D eigenvalue weighted by Gasteiger charge is -2.07. The lowest BCUT2D eigenvalue weighted by Crippen LogP contribution is -2.34. The quantitative estimate of drug-likeness (QED) is 0.548. The molecule has 0 bridgehead atoms. The summed E-state index contributed by atoms with van der Waals surface area (Å²) >= 11 is 0. The highest BCUT2D eigenvalue weighted by atomic mass is 16.4. The van der Waals surface area contributed by atoms with Crippen molar-refractivity contribution in [2.75, 3.05) is 13.7 Å². The Balaban J connectivity index is 0. The number of carboxylic acid groups (broad SMARTS) is 1. The Bertz CT molecular complexity index is 95.7. The highest BCUT2D eigenvalue weighted by Gasteiger charge is 2.12. The van der Waals surface area contributed by atoms with Crippen molar-refractivity contribution in [3.63, 3.8) is 0 Å². The van der Waals surface area contributed by atoms with E-state index in [-0.39, 0.29) is 13.0 Å². The van der Waals surface area contributed by atoms with Gasteiger partial charge in [0.1, 0.15) is 6.04 Å². The molecule has 11 heavy (non-hydrogen) atoms. The molecule has 0 aromatic heterocycles. The van der Waals surface area contributed by atoms with Crippen molar-refractivity contribution in [2.24, 2.45) is 0 Å². The first-order chi connectivity index (χ1) is 5.22. The Morgan fingerprint density at radius 1 is 1.55 bits per heavy atom. The molecule has 3 N–H and O–H groups in total. The third kappa shape index (κ3) is 7.29. The predicted octanol–water partition coefficient (Wildman–Crippen LogP) is 0.0676. The van der Waals surface area contributed by atoms with E-state index in [0.29, 0.717) is 0 Å². The molecule has 0 aliphatic carbocycles. The molecule has 1 atom stereocenters. The van der Waals surface area contributed by atoms with Gasteiger partial charge in [-0.25, -0.2) is 0 Å². The molecule has 0 aliphatic heterocycles. The molecule has 68 valence electrons. The maximum atomic E-state index is 10.1. The summed E-state index contributed by atoms with van der Waals surface area (Å²) in [7, 11) is 1.55. The Morgan fingerprint density at radius 2 is 2.00 bits per heavy atom. The Kier molecular flexibility index (Phi) is 11.1. The first kappa shape index (κ1) is 13.0. The van der Waals surface area contributed by atoms with E-state index in [1.165, 1.54) is 0 Å². The van der Waals surface area contributed by atoms with Crippen LogP contribution in [0, 0.1) is 0 Å². The third-order valence-corrected chi connectivity index (χ3v) is 1.06. The van der Waals surface area contributed by atoms with E-state index >= 15 is 0 Å². The smallest absolute Gasteiger partial charge is 0.320 e. The summed E-state index contributed by atoms with van der Waals surface area (Å²) in [6.07, 6.45) is 0.256. The summed E-state index contributed by atoms with van der Waals surface area (Å²) in [6, 6.07) is -0.616. The summed E-state index contributed by atoms with van der Waals surface area (Å²) < 4.78 is 0. The first-order valence-electron chi connectivity index (χ1n) is 3.73. The van der Waals surface area contributed by atoms with Crippen LogP contribution in [0.15, 0.2) is 0 Å². The average molecular weight is 163 g/mol. The molecule has 0 heterocycles. The molecule has 0 spiro atoms. The number of nitrogens with one attached hydrogen (secondary N) is 1. The second kappa shape index (κ2) is 9.39. The molecule has 0 fully saturated rings. The van der Waals surface area contributed by atoms with Gasteiger partial charge in [0, 0.05) is 6.61 Å². The maximum Gasteiger partial charge on any atom is 0.320 e. The SMILES string of the molecule is CC.CNC(CCO)C(=O)O. The minimum absolute atomic E-state index is 0.0994. The van der Waals surface area contributed by atoms with Crippen LogP contribution in [0.25, 0.3) is 0 Å². The number of rotatable bonds is 4. The number of hydrogen-bond donors (Lipinski definition) is 3. The number of aliphatic hydroxyl groups is 1. The van der Waals surface area contributed by atoms with E-state index in [4.69, 9.17) is 10.2 Å². The standard InChI is InChI=1S/C5H11NO3.C2H6/c1-6-4(2-3-7)5(8)9;1-2/h4,6-7H,2-3H2,1H3,(H,8,9);1-2H3. The highest BCUT2D eigenvalue weighted by molar-refractivity contribution is 5.73. The van der Waals surface area contributed by atoms with Crippen LogP contribution in [0.1, 0.15) is 20.3 Å². The Hall–Kier alpha value is -0.610. The molecule has 0 saturated carbocycles. The van der Waals surface area contributed by atoms with Gasteiger partial charge in [-0.1, -0.05) is 13.8 Å². The predicted molar refractivity (Wildman–Crippen MR) is 43.5 cm³/mol. The maximum absolute atomic E-state index is 10.1. The fraction of sp³-hybridized carbons (Fsp3) is 0.857. The zero-order valence-electron chi connectivity index (χ0n) is 7.29. The van der Waals surface area contributed by atoms with Crippen LogP contribution in [0.5, 0.6) is 0 Å². The Labute approximate surface area is 67.2 Å². The fourth-order valence-electron chi connectivity index (χ4n) is 0.520. The van der Waals surface area contributed by atoms with Crippen LogP contribution in [0.2, 0.25) is 0 Å². The average Bonchev–Trinajstić information content (AvgIpc) is 2.03. The lowest BCUT2D eigenvalue weighted by molar-refractivity contribution is -0.139. The van der Waals surface area contributed by atoms with Gasteiger partial charge in [0.2, 0.25) is 0 Å². The van der Waals surface area contributed by atoms with Gasteiger partial charge in [-0.05, 0) is 13.5 Å². The molecule has 0 rings (SSSR count). The van der Waals surface area contributed by atoms with Gasteiger partial charge in [0.15, 0.2) is 0 Å². The summed E-state index contributed by atoms with van der Waals surface area (Å²) in [4.78, 5) is 10.1. The van der Waals surface area contributed by atoms with Gasteiger partial charge in [-0.2, -0.15) is 0 Å². The minimum Gasteiger partial charge on any atom is -0.480 e. The van der Waals surface area contributed by atoms with Gasteiger partial charge < -0.3 is 15.5 Å². The van der Waals surface area contributed by atoms with Crippen LogP contribution in [-0.2, 0) is 4.79 Å². The number of carbonyl (C=O) groups is 1. The fourth-order valence-corrected chi connectivity index (χ4v) is 0.520. The molecular formula is C7H17NO3. The van der Waals surface area contributed by atoms with E-state index in [1.807, 2.05) is 13.8 Å². The molecule has 0 aliphatic rings. The third-order valence-electron chi connectivity index (χ3n) is 1.06. The van der Waals surface area contributed by atoms with Crippen LogP contribution in [-0.4, -0.2) is 35.9 Å². The van der Waals surface area contributed by atoms with E-state index in [1.54, 1.807) is 7.05 Å². The van der Waals surface area contributed by atoms with Crippen molar-refractivity contribution in [1.29, 1.82) is 0 Å². The summed E-state index contributed by atoms with van der Waals surface area (Å²) in [5.74, 6) is -0.924. The molecule has 0 saturated heterocycles. The molecule has 4 nitrogen and oxygen atoms in total. The van der Waals surface area contributed by atoms with Crippen LogP contribution < -0.4 is 5.32 Å². The van der Waals surface area contributed by atoms with Gasteiger partial charge in [-0.3, -0.25) is 4.79 Å². The van der Waals surface area contributed by atoms with Crippen LogP contribution in [0.3, 0.4) is 0 Å². The van der Waals surface area contributed by atoms with Gasteiger partial charge in [-0.15, -0.1) is 0 Å². The van der Waals surface area contributed by atoms with E-state index in [9.17, 15) is 4.79 Å². The van der Waals surface area contributed by atoms with Crippen LogP contribution in [0.4, 0.5) is 0 Å². The molecule has 0 amide bonds. The van der Waals surface area contributed by atoms with Crippen molar-refractivity contribution in [2.45, 2.75) is 26.3 Å².